The topological polar surface area (TPSA) is 107 Å². The van der Waals surface area contributed by atoms with Gasteiger partial charge in [0.25, 0.3) is 0 Å². The Balaban J connectivity index is 1.49. The van der Waals surface area contributed by atoms with E-state index >= 15 is 0 Å². The van der Waals surface area contributed by atoms with Crippen LogP contribution in [0, 0.1) is 46.3 Å². The molecule has 4 N–H and O–H groups in total. The van der Waals surface area contributed by atoms with Gasteiger partial charge in [0.15, 0.2) is 0 Å². The fourth-order valence-electron chi connectivity index (χ4n) is 9.38. The van der Waals surface area contributed by atoms with Crippen LogP contribution in [0.3, 0.4) is 0 Å². The third-order valence-corrected chi connectivity index (χ3v) is 11.4. The highest BCUT2D eigenvalue weighted by molar-refractivity contribution is 7.82. The van der Waals surface area contributed by atoms with Crippen LogP contribution in [0.25, 0.3) is 0 Å². The number of carboxylic acid groups (broad SMARTS) is 1. The van der Waals surface area contributed by atoms with Gasteiger partial charge in [0.2, 0.25) is 5.91 Å². The van der Waals surface area contributed by atoms with Crippen LogP contribution in [0.4, 0.5) is 0 Å². The predicted octanol–water partition coefficient (Wildman–Crippen LogP) is 3.89. The van der Waals surface area contributed by atoms with Crippen LogP contribution in [0.2, 0.25) is 0 Å². The molecular weight excluding hydrogens is 450 g/mol. The lowest BCUT2D eigenvalue weighted by Gasteiger charge is -2.62. The smallest absolute Gasteiger partial charge is 0.322 e. The van der Waals surface area contributed by atoms with E-state index in [1.54, 1.807) is 6.92 Å². The Morgan fingerprint density at radius 3 is 2.38 bits per heavy atom. The minimum absolute atomic E-state index is 0.139. The Hall–Kier alpha value is -0.790. The Bertz CT molecular complexity index is 804. The summed E-state index contributed by atoms with van der Waals surface area (Å²) < 4.78 is -0.922. The van der Waals surface area contributed by atoms with Gasteiger partial charge in [0.1, 0.15) is 6.54 Å². The zero-order valence-corrected chi connectivity index (χ0v) is 22.2. The zero-order chi connectivity index (χ0) is 25.1. The highest BCUT2D eigenvalue weighted by Crippen LogP contribution is 2.68. The number of aliphatic hydroxyl groups excluding tert-OH is 2. The molecule has 34 heavy (non-hydrogen) atoms. The third kappa shape index (κ3) is 4.43. The molecular formula is C27H45NO5S. The van der Waals surface area contributed by atoms with Gasteiger partial charge in [0.05, 0.1) is 17.0 Å². The Morgan fingerprint density at radius 2 is 1.71 bits per heavy atom. The fraction of sp³-hybridized carbons (Fsp3) is 0.926. The van der Waals surface area contributed by atoms with Crippen molar-refractivity contribution in [3.63, 3.8) is 0 Å². The van der Waals surface area contributed by atoms with Crippen LogP contribution in [-0.4, -0.2) is 50.7 Å². The van der Waals surface area contributed by atoms with Crippen molar-refractivity contribution in [3.05, 3.63) is 0 Å². The molecule has 0 aromatic carbocycles. The van der Waals surface area contributed by atoms with Gasteiger partial charge in [-0.3, -0.25) is 9.59 Å². The van der Waals surface area contributed by atoms with E-state index in [1.807, 2.05) is 0 Å². The average Bonchev–Trinajstić information content (AvgIpc) is 3.10. The first-order valence-electron chi connectivity index (χ1n) is 13.4. The van der Waals surface area contributed by atoms with Gasteiger partial charge in [-0.15, -0.1) is 0 Å². The summed E-state index contributed by atoms with van der Waals surface area (Å²) in [6.45, 7) is 8.49. The summed E-state index contributed by atoms with van der Waals surface area (Å²) in [5, 5.41) is 33.1. The molecule has 0 aromatic heterocycles. The first-order valence-corrected chi connectivity index (χ1v) is 13.8. The van der Waals surface area contributed by atoms with Crippen LogP contribution in [0.15, 0.2) is 0 Å². The number of aliphatic carboxylic acids is 1. The van der Waals surface area contributed by atoms with Gasteiger partial charge in [-0.05, 0) is 111 Å². The number of fused-ring (bicyclic) bond motifs is 5. The zero-order valence-electron chi connectivity index (χ0n) is 21.3. The highest BCUT2D eigenvalue weighted by Gasteiger charge is 2.63. The summed E-state index contributed by atoms with van der Waals surface area (Å²) >= 11 is 4.65. The van der Waals surface area contributed by atoms with E-state index in [9.17, 15) is 19.8 Å². The van der Waals surface area contributed by atoms with E-state index in [-0.39, 0.29) is 41.4 Å². The minimum Gasteiger partial charge on any atom is -0.480 e. The largest absolute Gasteiger partial charge is 0.480 e. The van der Waals surface area contributed by atoms with Gasteiger partial charge in [-0.1, -0.05) is 20.8 Å². The van der Waals surface area contributed by atoms with Gasteiger partial charge in [-0.2, -0.15) is 12.6 Å². The molecule has 11 unspecified atom stereocenters. The normalized spacial score (nSPS) is 46.4. The molecule has 4 saturated carbocycles. The van der Waals surface area contributed by atoms with E-state index in [0.717, 1.165) is 51.4 Å². The van der Waals surface area contributed by atoms with Crippen LogP contribution >= 0.6 is 12.6 Å². The standard InChI is InChI=1S/C27H45NO5S/c1-15(13-27(4,34)24(33)28-14-22(31)32)18-5-6-19-23-20(8-10-26(18,19)3)25(2)9-7-17(29)11-16(25)12-21(23)30/h15-21,23,29-30,34H,5-14H2,1-4H3,(H,28,33)(H,31,32). The van der Waals surface area contributed by atoms with E-state index in [1.165, 1.54) is 0 Å². The molecule has 0 radical (unpaired) electrons. The second-order valence-electron chi connectivity index (χ2n) is 13.0. The summed E-state index contributed by atoms with van der Waals surface area (Å²) in [5.74, 6) is 1.12. The maximum Gasteiger partial charge on any atom is 0.322 e. The third-order valence-electron chi connectivity index (χ3n) is 11.0. The number of thiol groups is 1. The van der Waals surface area contributed by atoms with Crippen LogP contribution in [0.5, 0.6) is 0 Å². The van der Waals surface area contributed by atoms with E-state index < -0.39 is 10.7 Å². The number of carbonyl (C=O) groups excluding carboxylic acids is 1. The molecule has 0 aromatic rings. The monoisotopic (exact) mass is 495 g/mol. The number of nitrogens with one attached hydrogen (secondary N) is 1. The number of hydrogen-bond acceptors (Lipinski definition) is 5. The quantitative estimate of drug-likeness (QED) is 0.360. The summed E-state index contributed by atoms with van der Waals surface area (Å²) in [6, 6.07) is 0. The van der Waals surface area contributed by atoms with Crippen LogP contribution in [0.1, 0.15) is 85.5 Å². The molecule has 1 amide bonds. The summed E-state index contributed by atoms with van der Waals surface area (Å²) in [5.41, 5.74) is 0.362. The molecule has 4 rings (SSSR count). The molecule has 6 nitrogen and oxygen atoms in total. The number of rotatable bonds is 6. The molecule has 0 aliphatic heterocycles. The SMILES string of the molecule is CC(CC(C)(S)C(=O)NCC(=O)O)C1CCC2C3C(O)CC4CC(O)CCC4(C)C3CCC12C. The Labute approximate surface area is 210 Å². The lowest BCUT2D eigenvalue weighted by molar-refractivity contribution is -0.174. The van der Waals surface area contributed by atoms with Crippen LogP contribution < -0.4 is 5.32 Å². The lowest BCUT2D eigenvalue weighted by Crippen LogP contribution is -2.58. The molecule has 7 heteroatoms. The first-order chi connectivity index (χ1) is 15.8. The minimum atomic E-state index is -1.05. The van der Waals surface area contributed by atoms with Crippen LogP contribution in [-0.2, 0) is 9.59 Å². The van der Waals surface area contributed by atoms with Crippen molar-refractivity contribution < 1.29 is 24.9 Å². The molecule has 0 spiro atoms. The van der Waals surface area contributed by atoms with Gasteiger partial charge >= 0.3 is 5.97 Å². The molecule has 0 saturated heterocycles. The van der Waals surface area contributed by atoms with Crippen molar-refractivity contribution in [1.29, 1.82) is 0 Å². The Morgan fingerprint density at radius 1 is 1.06 bits per heavy atom. The number of aliphatic hydroxyl groups is 2. The van der Waals surface area contributed by atoms with Crippen molar-refractivity contribution in [1.82, 2.24) is 5.32 Å². The fourth-order valence-corrected chi connectivity index (χ4v) is 9.75. The second kappa shape index (κ2) is 9.26. The highest BCUT2D eigenvalue weighted by atomic mass is 32.1. The molecule has 0 bridgehead atoms. The van der Waals surface area contributed by atoms with Gasteiger partial charge < -0.3 is 20.6 Å². The summed E-state index contributed by atoms with van der Waals surface area (Å²) in [4.78, 5) is 23.5. The lowest BCUT2D eigenvalue weighted by atomic mass is 9.43. The van der Waals surface area contributed by atoms with Crippen molar-refractivity contribution >= 4 is 24.5 Å². The number of amides is 1. The molecule has 4 aliphatic rings. The maximum absolute atomic E-state index is 12.6. The van der Waals surface area contributed by atoms with Crippen molar-refractivity contribution in [3.8, 4) is 0 Å². The first kappa shape index (κ1) is 26.3. The molecule has 11 atom stereocenters. The predicted molar refractivity (Wildman–Crippen MR) is 134 cm³/mol. The molecule has 4 fully saturated rings. The van der Waals surface area contributed by atoms with Gasteiger partial charge in [0, 0.05) is 0 Å². The van der Waals surface area contributed by atoms with E-state index in [0.29, 0.717) is 36.0 Å². The van der Waals surface area contributed by atoms with E-state index in [2.05, 4.69) is 38.7 Å². The van der Waals surface area contributed by atoms with Crippen molar-refractivity contribution in [2.24, 2.45) is 46.3 Å². The molecule has 4 aliphatic carbocycles. The molecule has 0 heterocycles. The molecule has 194 valence electrons. The maximum atomic E-state index is 12.6. The van der Waals surface area contributed by atoms with Crippen molar-refractivity contribution in [2.45, 2.75) is 102 Å². The number of carboxylic acids is 1. The number of carbonyl (C=O) groups is 2. The summed E-state index contributed by atoms with van der Waals surface area (Å²) in [6.07, 6.45) is 8.24. The number of hydrogen-bond donors (Lipinski definition) is 5. The van der Waals surface area contributed by atoms with Gasteiger partial charge in [-0.25, -0.2) is 0 Å². The second-order valence-corrected chi connectivity index (χ2v) is 14.0. The summed E-state index contributed by atoms with van der Waals surface area (Å²) in [7, 11) is 0. The van der Waals surface area contributed by atoms with E-state index in [4.69, 9.17) is 5.11 Å². The van der Waals surface area contributed by atoms with Crippen molar-refractivity contribution in [2.75, 3.05) is 6.54 Å². The average molecular weight is 496 g/mol. The Kier molecular flexibility index (Phi) is 7.16.